The first-order chi connectivity index (χ1) is 15.1. The zero-order valence-corrected chi connectivity index (χ0v) is 19.3. The molecule has 5 nitrogen and oxygen atoms in total. The second kappa shape index (κ2) is 10.2. The minimum Gasteiger partial charge on any atom is -0.497 e. The van der Waals surface area contributed by atoms with E-state index in [9.17, 15) is 0 Å². The summed E-state index contributed by atoms with van der Waals surface area (Å²) in [7, 11) is 4.95. The maximum atomic E-state index is 7.56. The molecule has 3 aromatic carbocycles. The molecule has 0 aromatic heterocycles. The monoisotopic (exact) mass is 480 g/mol. The highest BCUT2D eigenvalue weighted by atomic mass is 79.9. The zero-order chi connectivity index (χ0) is 22.3. The largest absolute Gasteiger partial charge is 0.497 e. The van der Waals surface area contributed by atoms with Crippen LogP contribution in [0.5, 0.6) is 17.2 Å². The third kappa shape index (κ3) is 4.75. The van der Waals surface area contributed by atoms with E-state index >= 15 is 0 Å². The fourth-order valence-corrected chi connectivity index (χ4v) is 3.61. The predicted octanol–water partition coefficient (Wildman–Crippen LogP) is 5.48. The van der Waals surface area contributed by atoms with Gasteiger partial charge >= 0.3 is 0 Å². The highest BCUT2D eigenvalue weighted by Gasteiger charge is 2.36. The lowest BCUT2D eigenvalue weighted by Gasteiger charge is -2.37. The third-order valence-corrected chi connectivity index (χ3v) is 5.59. The van der Waals surface area contributed by atoms with E-state index in [1.54, 1.807) is 27.5 Å². The van der Waals surface area contributed by atoms with Crippen molar-refractivity contribution in [3.05, 3.63) is 100 Å². The van der Waals surface area contributed by atoms with E-state index in [0.717, 1.165) is 33.9 Å². The van der Waals surface area contributed by atoms with E-state index in [4.69, 9.17) is 19.6 Å². The van der Waals surface area contributed by atoms with Gasteiger partial charge in [-0.1, -0.05) is 36.4 Å². The lowest BCUT2D eigenvalue weighted by atomic mass is 9.77. The van der Waals surface area contributed by atoms with Crippen molar-refractivity contribution in [1.29, 1.82) is 5.41 Å². The Balaban J connectivity index is 2.29. The van der Waals surface area contributed by atoms with E-state index in [0.29, 0.717) is 4.48 Å². The van der Waals surface area contributed by atoms with Gasteiger partial charge in [-0.15, -0.1) is 0 Å². The minimum atomic E-state index is -0.743. The summed E-state index contributed by atoms with van der Waals surface area (Å²) < 4.78 is 16.7. The van der Waals surface area contributed by atoms with Crippen LogP contribution in [-0.4, -0.2) is 27.5 Å². The lowest BCUT2D eigenvalue weighted by Crippen LogP contribution is -2.42. The van der Waals surface area contributed by atoms with Crippen LogP contribution in [0.4, 0.5) is 0 Å². The summed E-state index contributed by atoms with van der Waals surface area (Å²) in [5, 5.41) is 11.1. The molecule has 0 radical (unpaired) electrons. The summed E-state index contributed by atoms with van der Waals surface area (Å²) in [6, 6.07) is 23.8. The van der Waals surface area contributed by atoms with Crippen molar-refractivity contribution in [2.24, 2.45) is 0 Å². The van der Waals surface area contributed by atoms with Gasteiger partial charge in [-0.3, -0.25) is 0 Å². The van der Waals surface area contributed by atoms with Crippen LogP contribution in [0.15, 0.2) is 83.5 Å². The van der Waals surface area contributed by atoms with Gasteiger partial charge < -0.3 is 24.9 Å². The molecule has 160 valence electrons. The van der Waals surface area contributed by atoms with Crippen molar-refractivity contribution in [2.45, 2.75) is 5.54 Å². The van der Waals surface area contributed by atoms with Gasteiger partial charge in [-0.25, -0.2) is 0 Å². The molecule has 0 saturated heterocycles. The first-order valence-electron chi connectivity index (χ1n) is 9.64. The molecule has 6 heteroatoms. The summed E-state index contributed by atoms with van der Waals surface area (Å²) in [5.74, 6) is 2.33. The normalized spacial score (nSPS) is 11.5. The average molecular weight is 481 g/mol. The van der Waals surface area contributed by atoms with Gasteiger partial charge in [0.2, 0.25) is 0 Å². The molecule has 0 spiro atoms. The molecule has 31 heavy (non-hydrogen) atoms. The first-order valence-corrected chi connectivity index (χ1v) is 10.4. The molecular weight excluding hydrogens is 456 g/mol. The number of hydrogen-bond donors (Lipinski definition) is 2. The highest BCUT2D eigenvalue weighted by Crippen LogP contribution is 2.39. The van der Waals surface area contributed by atoms with E-state index < -0.39 is 5.54 Å². The van der Waals surface area contributed by atoms with Crippen LogP contribution in [0.25, 0.3) is 0 Å². The molecule has 0 bridgehead atoms. The maximum Gasteiger partial charge on any atom is 0.118 e. The van der Waals surface area contributed by atoms with Crippen LogP contribution in [0, 0.1) is 5.41 Å². The minimum absolute atomic E-state index is 0.618. The molecule has 0 atom stereocenters. The number of ether oxygens (including phenoxy) is 3. The van der Waals surface area contributed by atoms with Gasteiger partial charge in [-0.2, -0.15) is 0 Å². The van der Waals surface area contributed by atoms with Crippen LogP contribution in [0.1, 0.15) is 16.7 Å². The number of rotatable bonds is 9. The molecule has 3 rings (SSSR count). The van der Waals surface area contributed by atoms with Gasteiger partial charge in [0.25, 0.3) is 0 Å². The molecule has 0 amide bonds. The summed E-state index contributed by atoms with van der Waals surface area (Å²) >= 11 is 3.41. The number of nitrogens with one attached hydrogen (secondary N) is 2. The van der Waals surface area contributed by atoms with E-state index in [1.807, 2.05) is 72.8 Å². The molecule has 0 fully saturated rings. The van der Waals surface area contributed by atoms with Crippen molar-refractivity contribution in [3.63, 3.8) is 0 Å². The fourth-order valence-electron chi connectivity index (χ4n) is 3.49. The van der Waals surface area contributed by atoms with Crippen molar-refractivity contribution in [3.8, 4) is 17.2 Å². The topological polar surface area (TPSA) is 63.6 Å². The van der Waals surface area contributed by atoms with E-state index in [-0.39, 0.29) is 0 Å². The number of methoxy groups -OCH3 is 3. The Morgan fingerprint density at radius 2 is 1.03 bits per heavy atom. The summed E-state index contributed by atoms with van der Waals surface area (Å²) in [6.07, 6.45) is 3.03. The summed E-state index contributed by atoms with van der Waals surface area (Å²) in [4.78, 5) is 0. The Bertz CT molecular complexity index is 914. The Kier molecular flexibility index (Phi) is 7.36. The van der Waals surface area contributed by atoms with Gasteiger partial charge in [0, 0.05) is 12.4 Å². The lowest BCUT2D eigenvalue weighted by molar-refractivity contribution is 0.413. The summed E-state index contributed by atoms with van der Waals surface area (Å²) in [5.41, 5.74) is 2.27. The third-order valence-electron chi connectivity index (χ3n) is 5.13. The molecule has 3 aromatic rings. The number of halogens is 1. The highest BCUT2D eigenvalue weighted by molar-refractivity contribution is 9.12. The Morgan fingerprint density at radius 1 is 0.710 bits per heavy atom. The Labute approximate surface area is 191 Å². The van der Waals surface area contributed by atoms with E-state index in [1.165, 1.54) is 6.21 Å². The first kappa shape index (κ1) is 22.4. The van der Waals surface area contributed by atoms with Crippen molar-refractivity contribution in [2.75, 3.05) is 21.3 Å². The maximum absolute atomic E-state index is 7.56. The van der Waals surface area contributed by atoms with Crippen molar-refractivity contribution >= 4 is 22.1 Å². The summed E-state index contributed by atoms with van der Waals surface area (Å²) in [6.45, 7) is 0. The second-order valence-corrected chi connectivity index (χ2v) is 7.67. The van der Waals surface area contributed by atoms with Gasteiger partial charge in [0.15, 0.2) is 0 Å². The van der Waals surface area contributed by atoms with Crippen LogP contribution >= 0.6 is 15.9 Å². The van der Waals surface area contributed by atoms with Crippen LogP contribution in [-0.2, 0) is 5.54 Å². The van der Waals surface area contributed by atoms with E-state index in [2.05, 4.69) is 21.2 Å². The molecule has 0 unspecified atom stereocenters. The Morgan fingerprint density at radius 3 is 1.29 bits per heavy atom. The zero-order valence-electron chi connectivity index (χ0n) is 17.7. The molecular formula is C25H25BrN2O3. The second-order valence-electron chi connectivity index (χ2n) is 6.75. The SMILES string of the molecule is COc1ccc(C(N/C=C(/Br)C=N)(c2ccc(OC)cc2)c2ccc(OC)cc2)cc1. The van der Waals surface area contributed by atoms with Crippen molar-refractivity contribution < 1.29 is 14.2 Å². The molecule has 0 aliphatic carbocycles. The molecule has 0 aliphatic heterocycles. The number of hydrogen-bond acceptors (Lipinski definition) is 5. The standard InChI is InChI=1S/C25H25BrN2O3/c1-29-22-10-4-18(5-11-22)25(28-17-21(26)16-27,19-6-12-23(30-2)13-7-19)20-8-14-24(31-3)15-9-20/h4-17,27-28H,1-3H3/b21-17+,27-16?. The smallest absolute Gasteiger partial charge is 0.118 e. The molecule has 0 heterocycles. The van der Waals surface area contributed by atoms with Gasteiger partial charge in [-0.05, 0) is 69.0 Å². The molecule has 0 aliphatic rings. The quantitative estimate of drug-likeness (QED) is 0.314. The fraction of sp³-hybridized carbons (Fsp3) is 0.160. The van der Waals surface area contributed by atoms with Gasteiger partial charge in [0.05, 0.1) is 25.8 Å². The average Bonchev–Trinajstić information content (AvgIpc) is 2.85. The van der Waals surface area contributed by atoms with Crippen LogP contribution in [0.2, 0.25) is 0 Å². The van der Waals surface area contributed by atoms with Crippen molar-refractivity contribution in [1.82, 2.24) is 5.32 Å². The molecule has 2 N–H and O–H groups in total. The van der Waals surface area contributed by atoms with Crippen LogP contribution in [0.3, 0.4) is 0 Å². The number of allylic oxidation sites excluding steroid dienone is 1. The van der Waals surface area contributed by atoms with Crippen LogP contribution < -0.4 is 19.5 Å². The Hall–Kier alpha value is -3.25. The predicted molar refractivity (Wildman–Crippen MR) is 128 cm³/mol. The molecule has 0 saturated carbocycles. The van der Waals surface area contributed by atoms with Gasteiger partial charge in [0.1, 0.15) is 22.8 Å². The number of benzene rings is 3.